The summed E-state index contributed by atoms with van der Waals surface area (Å²) in [5.74, 6) is 0.671. The van der Waals surface area contributed by atoms with Crippen molar-refractivity contribution in [3.8, 4) is 11.4 Å². The molecule has 2 aromatic rings. The summed E-state index contributed by atoms with van der Waals surface area (Å²) in [6, 6.07) is 6.11. The Bertz CT molecular complexity index is 602. The highest BCUT2D eigenvalue weighted by molar-refractivity contribution is 14.1. The minimum Gasteiger partial charge on any atom is -0.232 e. The van der Waals surface area contributed by atoms with E-state index in [2.05, 4.69) is 61.5 Å². The average molecular weight is 438 g/mol. The highest BCUT2D eigenvalue weighted by atomic mass is 127. The Morgan fingerprint density at radius 3 is 2.67 bits per heavy atom. The number of rotatable bonds is 2. The van der Waals surface area contributed by atoms with Crippen LogP contribution in [0.1, 0.15) is 18.2 Å². The van der Waals surface area contributed by atoms with Crippen molar-refractivity contribution in [3.63, 3.8) is 0 Å². The van der Waals surface area contributed by atoms with Gasteiger partial charge < -0.3 is 0 Å². The lowest BCUT2D eigenvalue weighted by Gasteiger charge is -2.08. The molecule has 0 radical (unpaired) electrons. The third-order valence-corrected chi connectivity index (χ3v) is 4.96. The molecule has 1 aromatic carbocycles. The summed E-state index contributed by atoms with van der Waals surface area (Å²) in [6.45, 7) is 4.11. The van der Waals surface area contributed by atoms with Crippen molar-refractivity contribution in [2.24, 2.45) is 0 Å². The maximum atomic E-state index is 6.16. The molecule has 0 aliphatic carbocycles. The monoisotopic (exact) mass is 436 g/mol. The summed E-state index contributed by atoms with van der Waals surface area (Å²) in [5, 5.41) is 0.518. The molecular formula is C13H11BrClIN2. The lowest BCUT2D eigenvalue weighted by atomic mass is 10.1. The van der Waals surface area contributed by atoms with E-state index in [9.17, 15) is 0 Å². The molecule has 0 spiro atoms. The molecule has 5 heteroatoms. The largest absolute Gasteiger partial charge is 0.232 e. The van der Waals surface area contributed by atoms with Crippen molar-refractivity contribution in [2.45, 2.75) is 20.3 Å². The molecular weight excluding hydrogens is 426 g/mol. The van der Waals surface area contributed by atoms with Crippen molar-refractivity contribution in [1.29, 1.82) is 0 Å². The molecule has 1 aromatic heterocycles. The maximum absolute atomic E-state index is 6.16. The van der Waals surface area contributed by atoms with Gasteiger partial charge in [-0.05, 0) is 53.6 Å². The Balaban J connectivity index is 2.60. The van der Waals surface area contributed by atoms with Crippen LogP contribution < -0.4 is 0 Å². The molecule has 0 aliphatic heterocycles. The van der Waals surface area contributed by atoms with Gasteiger partial charge in [-0.2, -0.15) is 0 Å². The molecule has 94 valence electrons. The van der Waals surface area contributed by atoms with Crippen LogP contribution in [0, 0.1) is 10.5 Å². The van der Waals surface area contributed by atoms with E-state index in [-0.39, 0.29) is 0 Å². The Hall–Kier alpha value is -0.200. The van der Waals surface area contributed by atoms with Gasteiger partial charge in [0.2, 0.25) is 0 Å². The van der Waals surface area contributed by atoms with E-state index < -0.39 is 0 Å². The van der Waals surface area contributed by atoms with Crippen molar-refractivity contribution < 1.29 is 0 Å². The molecule has 2 nitrogen and oxygen atoms in total. The first-order valence-electron chi connectivity index (χ1n) is 5.51. The molecule has 0 bridgehead atoms. The molecule has 0 saturated carbocycles. The number of aromatic nitrogens is 2. The number of benzene rings is 1. The second-order valence-electron chi connectivity index (χ2n) is 3.94. The van der Waals surface area contributed by atoms with Gasteiger partial charge in [0.15, 0.2) is 5.82 Å². The molecule has 0 saturated heterocycles. The average Bonchev–Trinajstić information content (AvgIpc) is 2.32. The Morgan fingerprint density at radius 2 is 2.06 bits per heavy atom. The maximum Gasteiger partial charge on any atom is 0.162 e. The fourth-order valence-electron chi connectivity index (χ4n) is 1.62. The van der Waals surface area contributed by atoms with Crippen LogP contribution in [0.4, 0.5) is 0 Å². The highest BCUT2D eigenvalue weighted by Crippen LogP contribution is 2.29. The van der Waals surface area contributed by atoms with Crippen molar-refractivity contribution in [3.05, 3.63) is 42.7 Å². The molecule has 1 heterocycles. The van der Waals surface area contributed by atoms with E-state index in [0.717, 1.165) is 25.7 Å². The van der Waals surface area contributed by atoms with Gasteiger partial charge in [0.25, 0.3) is 0 Å². The normalized spacial score (nSPS) is 10.7. The molecule has 0 amide bonds. The third kappa shape index (κ3) is 2.86. The lowest BCUT2D eigenvalue weighted by Crippen LogP contribution is -2.00. The lowest BCUT2D eigenvalue weighted by molar-refractivity contribution is 0.988. The summed E-state index contributed by atoms with van der Waals surface area (Å²) >= 11 is 11.9. The molecule has 0 fully saturated rings. The second kappa shape index (κ2) is 5.84. The number of aryl methyl sites for hydroxylation is 2. The quantitative estimate of drug-likeness (QED) is 0.486. The first-order valence-corrected chi connectivity index (χ1v) is 7.76. The van der Waals surface area contributed by atoms with Gasteiger partial charge in [0.1, 0.15) is 5.15 Å². The number of nitrogens with zero attached hydrogens (tertiary/aromatic N) is 2. The fraction of sp³-hybridized carbons (Fsp3) is 0.231. The summed E-state index contributed by atoms with van der Waals surface area (Å²) in [6.07, 6.45) is 0.844. The summed E-state index contributed by atoms with van der Waals surface area (Å²) in [5.41, 5.74) is 3.14. The van der Waals surface area contributed by atoms with Crippen LogP contribution in [0.25, 0.3) is 11.4 Å². The second-order valence-corrected chi connectivity index (χ2v) is 6.23. The van der Waals surface area contributed by atoms with Gasteiger partial charge in [-0.25, -0.2) is 9.97 Å². The molecule has 18 heavy (non-hydrogen) atoms. The standard InChI is InChI=1S/C13H11BrClIN2/c1-3-10-11(16)12(15)18-13(17-10)8-5-4-7(2)6-9(8)14/h4-6H,3H2,1-2H3. The van der Waals surface area contributed by atoms with E-state index in [1.54, 1.807) is 0 Å². The zero-order valence-electron chi connectivity index (χ0n) is 9.97. The third-order valence-electron chi connectivity index (χ3n) is 2.58. The van der Waals surface area contributed by atoms with Crippen LogP contribution in [-0.4, -0.2) is 9.97 Å². The molecule has 0 unspecified atom stereocenters. The van der Waals surface area contributed by atoms with Crippen molar-refractivity contribution >= 4 is 50.1 Å². The molecule has 0 atom stereocenters. The van der Waals surface area contributed by atoms with Crippen LogP contribution in [0.3, 0.4) is 0 Å². The van der Waals surface area contributed by atoms with Gasteiger partial charge in [-0.15, -0.1) is 0 Å². The van der Waals surface area contributed by atoms with Crippen LogP contribution >= 0.6 is 50.1 Å². The number of hydrogen-bond donors (Lipinski definition) is 0. The molecule has 2 rings (SSSR count). The summed E-state index contributed by atoms with van der Waals surface area (Å²) in [4.78, 5) is 8.94. The minimum absolute atomic E-state index is 0.518. The van der Waals surface area contributed by atoms with Crippen molar-refractivity contribution in [1.82, 2.24) is 9.97 Å². The van der Waals surface area contributed by atoms with Gasteiger partial charge >= 0.3 is 0 Å². The SMILES string of the molecule is CCc1nc(-c2ccc(C)cc2Br)nc(Cl)c1I. The minimum atomic E-state index is 0.518. The van der Waals surface area contributed by atoms with E-state index in [0.29, 0.717) is 11.0 Å². The van der Waals surface area contributed by atoms with E-state index in [1.807, 2.05) is 19.1 Å². The molecule has 0 N–H and O–H groups in total. The first kappa shape index (κ1) is 14.2. The van der Waals surface area contributed by atoms with Crippen LogP contribution in [0.15, 0.2) is 22.7 Å². The fourth-order valence-corrected chi connectivity index (χ4v) is 3.10. The first-order chi connectivity index (χ1) is 8.52. The van der Waals surface area contributed by atoms with Gasteiger partial charge in [0, 0.05) is 10.0 Å². The zero-order valence-corrected chi connectivity index (χ0v) is 14.5. The zero-order chi connectivity index (χ0) is 13.3. The molecule has 0 aliphatic rings. The van der Waals surface area contributed by atoms with Crippen LogP contribution in [0.2, 0.25) is 5.15 Å². The predicted octanol–water partition coefficient (Wildman–Crippen LogP) is 5.03. The van der Waals surface area contributed by atoms with Gasteiger partial charge in [-0.1, -0.05) is 40.5 Å². The van der Waals surface area contributed by atoms with E-state index in [1.165, 1.54) is 5.56 Å². The van der Waals surface area contributed by atoms with Crippen molar-refractivity contribution in [2.75, 3.05) is 0 Å². The summed E-state index contributed by atoms with van der Waals surface area (Å²) < 4.78 is 1.92. The Morgan fingerprint density at radius 1 is 1.33 bits per heavy atom. The predicted molar refractivity (Wildman–Crippen MR) is 87.0 cm³/mol. The van der Waals surface area contributed by atoms with Gasteiger partial charge in [-0.3, -0.25) is 0 Å². The topological polar surface area (TPSA) is 25.8 Å². The highest BCUT2D eigenvalue weighted by Gasteiger charge is 2.12. The van der Waals surface area contributed by atoms with Crippen LogP contribution in [-0.2, 0) is 6.42 Å². The Kier molecular flexibility index (Phi) is 4.61. The van der Waals surface area contributed by atoms with E-state index in [4.69, 9.17) is 11.6 Å². The van der Waals surface area contributed by atoms with E-state index >= 15 is 0 Å². The Labute approximate surface area is 133 Å². The van der Waals surface area contributed by atoms with Gasteiger partial charge in [0.05, 0.1) is 9.26 Å². The number of hydrogen-bond acceptors (Lipinski definition) is 2. The smallest absolute Gasteiger partial charge is 0.162 e. The number of halogens is 3. The summed E-state index contributed by atoms with van der Waals surface area (Å²) in [7, 11) is 0. The van der Waals surface area contributed by atoms with Crippen LogP contribution in [0.5, 0.6) is 0 Å².